The quantitative estimate of drug-likeness (QED) is 0.428. The standard InChI is InChI=1S/C27H23F3N2O6/c1-37-23-11-8-20(32-14-19(12-24(32)34)26(36)38-15-27(28,29)30)13-22(23)31-25(35)18-4-2-16(3-5-18)17-6-9-21(33)10-7-17/h2-11,13,19,33H,12,14-15H2,1H3,(H,31,35). The van der Waals surface area contributed by atoms with Crippen molar-refractivity contribution in [2.24, 2.45) is 5.92 Å². The molecule has 1 unspecified atom stereocenters. The first-order chi connectivity index (χ1) is 18.0. The van der Waals surface area contributed by atoms with Gasteiger partial charge in [-0.1, -0.05) is 24.3 Å². The number of phenols is 1. The van der Waals surface area contributed by atoms with Crippen molar-refractivity contribution in [3.63, 3.8) is 0 Å². The number of amides is 2. The molecule has 0 spiro atoms. The predicted molar refractivity (Wildman–Crippen MR) is 132 cm³/mol. The van der Waals surface area contributed by atoms with E-state index in [0.717, 1.165) is 11.1 Å². The van der Waals surface area contributed by atoms with Crippen LogP contribution in [0.4, 0.5) is 24.5 Å². The second-order valence-corrected chi connectivity index (χ2v) is 8.59. The number of anilines is 2. The number of hydrogen-bond donors (Lipinski definition) is 2. The zero-order valence-corrected chi connectivity index (χ0v) is 20.1. The van der Waals surface area contributed by atoms with E-state index in [1.165, 1.54) is 24.1 Å². The van der Waals surface area contributed by atoms with Crippen molar-refractivity contribution in [2.75, 3.05) is 30.5 Å². The molecule has 4 rings (SSSR count). The van der Waals surface area contributed by atoms with Gasteiger partial charge in [0.25, 0.3) is 5.91 Å². The highest BCUT2D eigenvalue weighted by Gasteiger charge is 2.38. The Bertz CT molecular complexity index is 1340. The Labute approximate surface area is 215 Å². The average molecular weight is 528 g/mol. The molecule has 2 amide bonds. The van der Waals surface area contributed by atoms with Crippen LogP contribution in [-0.2, 0) is 14.3 Å². The van der Waals surface area contributed by atoms with E-state index in [1.807, 2.05) is 0 Å². The van der Waals surface area contributed by atoms with Gasteiger partial charge in [0, 0.05) is 24.2 Å². The average Bonchev–Trinajstić information content (AvgIpc) is 3.29. The van der Waals surface area contributed by atoms with E-state index >= 15 is 0 Å². The number of hydrogen-bond acceptors (Lipinski definition) is 6. The van der Waals surface area contributed by atoms with E-state index in [2.05, 4.69) is 10.1 Å². The fraction of sp³-hybridized carbons (Fsp3) is 0.222. The van der Waals surface area contributed by atoms with Crippen LogP contribution in [0.5, 0.6) is 11.5 Å². The molecule has 8 nitrogen and oxygen atoms in total. The Kier molecular flexibility index (Phi) is 7.56. The third kappa shape index (κ3) is 6.23. The lowest BCUT2D eigenvalue weighted by Gasteiger charge is -2.19. The molecule has 0 saturated carbocycles. The summed E-state index contributed by atoms with van der Waals surface area (Å²) in [5.41, 5.74) is 2.65. The second kappa shape index (κ2) is 10.8. The summed E-state index contributed by atoms with van der Waals surface area (Å²) in [6.07, 6.45) is -4.95. The third-order valence-corrected chi connectivity index (χ3v) is 5.93. The van der Waals surface area contributed by atoms with E-state index in [4.69, 9.17) is 4.74 Å². The molecule has 2 N–H and O–H groups in total. The highest BCUT2D eigenvalue weighted by atomic mass is 19.4. The molecule has 1 aliphatic heterocycles. The first-order valence-electron chi connectivity index (χ1n) is 11.5. The summed E-state index contributed by atoms with van der Waals surface area (Å²) >= 11 is 0. The van der Waals surface area contributed by atoms with E-state index in [9.17, 15) is 32.7 Å². The molecule has 1 saturated heterocycles. The Balaban J connectivity index is 1.47. The van der Waals surface area contributed by atoms with Crippen molar-refractivity contribution < 1.29 is 42.1 Å². The van der Waals surface area contributed by atoms with Crippen LogP contribution in [0.2, 0.25) is 0 Å². The molecule has 0 aromatic heterocycles. The van der Waals surface area contributed by atoms with E-state index in [-0.39, 0.29) is 24.4 Å². The van der Waals surface area contributed by atoms with Gasteiger partial charge in [0.05, 0.1) is 18.7 Å². The van der Waals surface area contributed by atoms with Crippen molar-refractivity contribution >= 4 is 29.2 Å². The van der Waals surface area contributed by atoms with Crippen LogP contribution < -0.4 is 15.0 Å². The number of nitrogens with one attached hydrogen (secondary N) is 1. The van der Waals surface area contributed by atoms with Crippen LogP contribution >= 0.6 is 0 Å². The minimum absolute atomic E-state index is 0.147. The Morgan fingerprint density at radius 2 is 1.66 bits per heavy atom. The van der Waals surface area contributed by atoms with Crippen LogP contribution in [0.3, 0.4) is 0 Å². The monoisotopic (exact) mass is 528 g/mol. The van der Waals surface area contributed by atoms with Gasteiger partial charge in [-0.3, -0.25) is 14.4 Å². The predicted octanol–water partition coefficient (Wildman–Crippen LogP) is 4.78. The number of methoxy groups -OCH3 is 1. The minimum atomic E-state index is -4.66. The van der Waals surface area contributed by atoms with Gasteiger partial charge in [-0.05, 0) is 53.6 Å². The number of phenolic OH excluding ortho intramolecular Hbond substituents is 1. The number of ether oxygens (including phenoxy) is 2. The lowest BCUT2D eigenvalue weighted by molar-refractivity contribution is -0.188. The largest absolute Gasteiger partial charge is 0.508 e. The van der Waals surface area contributed by atoms with Crippen molar-refractivity contribution in [3.8, 4) is 22.6 Å². The third-order valence-electron chi connectivity index (χ3n) is 5.93. The van der Waals surface area contributed by atoms with Gasteiger partial charge in [0.1, 0.15) is 11.5 Å². The molecule has 0 bridgehead atoms. The summed E-state index contributed by atoms with van der Waals surface area (Å²) in [5.74, 6) is -2.60. The molecule has 3 aromatic rings. The molecule has 0 radical (unpaired) electrons. The fourth-order valence-corrected chi connectivity index (χ4v) is 4.01. The fourth-order valence-electron chi connectivity index (χ4n) is 4.01. The maximum absolute atomic E-state index is 12.9. The van der Waals surface area contributed by atoms with E-state index in [0.29, 0.717) is 17.0 Å². The number of nitrogens with zero attached hydrogens (tertiary/aromatic N) is 1. The summed E-state index contributed by atoms with van der Waals surface area (Å²) < 4.78 is 46.7. The number of esters is 1. The van der Waals surface area contributed by atoms with Crippen LogP contribution in [0.25, 0.3) is 11.1 Å². The number of carbonyl (C=O) groups excluding carboxylic acids is 3. The molecule has 1 aliphatic rings. The van der Waals surface area contributed by atoms with Crippen LogP contribution in [0, 0.1) is 5.92 Å². The van der Waals surface area contributed by atoms with E-state index < -0.39 is 36.5 Å². The first-order valence-corrected chi connectivity index (χ1v) is 11.5. The summed E-state index contributed by atoms with van der Waals surface area (Å²) in [4.78, 5) is 38.7. The Hall–Kier alpha value is -4.54. The van der Waals surface area contributed by atoms with Crippen LogP contribution in [0.1, 0.15) is 16.8 Å². The smallest absolute Gasteiger partial charge is 0.422 e. The summed E-state index contributed by atoms with van der Waals surface area (Å²) in [6.45, 7) is -1.88. The van der Waals surface area contributed by atoms with Gasteiger partial charge in [0.2, 0.25) is 5.91 Å². The van der Waals surface area contributed by atoms with Gasteiger partial charge >= 0.3 is 12.1 Å². The molecule has 3 aromatic carbocycles. The normalized spacial score (nSPS) is 15.3. The van der Waals surface area contributed by atoms with Gasteiger partial charge in [-0.25, -0.2) is 0 Å². The van der Waals surface area contributed by atoms with Crippen molar-refractivity contribution in [1.82, 2.24) is 0 Å². The Morgan fingerprint density at radius 1 is 1.03 bits per heavy atom. The van der Waals surface area contributed by atoms with Gasteiger partial charge in [-0.2, -0.15) is 13.2 Å². The summed E-state index contributed by atoms with van der Waals surface area (Å²) in [5, 5.41) is 12.2. The zero-order chi connectivity index (χ0) is 27.4. The summed E-state index contributed by atoms with van der Waals surface area (Å²) in [7, 11) is 1.41. The van der Waals surface area contributed by atoms with Crippen molar-refractivity contribution in [3.05, 3.63) is 72.3 Å². The van der Waals surface area contributed by atoms with Gasteiger partial charge in [-0.15, -0.1) is 0 Å². The zero-order valence-electron chi connectivity index (χ0n) is 20.1. The highest BCUT2D eigenvalue weighted by Crippen LogP contribution is 2.34. The molecule has 1 fully saturated rings. The lowest BCUT2D eigenvalue weighted by Crippen LogP contribution is -2.28. The number of benzene rings is 3. The maximum Gasteiger partial charge on any atom is 0.422 e. The molecular weight excluding hydrogens is 505 g/mol. The number of carbonyl (C=O) groups is 3. The van der Waals surface area contributed by atoms with Crippen molar-refractivity contribution in [2.45, 2.75) is 12.6 Å². The molecule has 38 heavy (non-hydrogen) atoms. The number of rotatable bonds is 7. The number of aromatic hydroxyl groups is 1. The highest BCUT2D eigenvalue weighted by molar-refractivity contribution is 6.06. The Morgan fingerprint density at radius 3 is 2.26 bits per heavy atom. The van der Waals surface area contributed by atoms with Gasteiger partial charge < -0.3 is 24.8 Å². The lowest BCUT2D eigenvalue weighted by atomic mass is 10.0. The molecule has 198 valence electrons. The molecule has 1 heterocycles. The molecular formula is C27H23F3N2O6. The first kappa shape index (κ1) is 26.5. The van der Waals surface area contributed by atoms with Crippen molar-refractivity contribution in [1.29, 1.82) is 0 Å². The minimum Gasteiger partial charge on any atom is -0.508 e. The summed E-state index contributed by atoms with van der Waals surface area (Å²) in [6, 6.07) is 18.0. The number of halogens is 3. The number of alkyl halides is 3. The molecule has 1 atom stereocenters. The molecule has 0 aliphatic carbocycles. The maximum atomic E-state index is 12.9. The topological polar surface area (TPSA) is 105 Å². The molecule has 11 heteroatoms. The second-order valence-electron chi connectivity index (χ2n) is 8.59. The van der Waals surface area contributed by atoms with Crippen LogP contribution in [-0.4, -0.2) is 49.3 Å². The SMILES string of the molecule is COc1ccc(N2CC(C(=O)OCC(F)(F)F)CC2=O)cc1NC(=O)c1ccc(-c2ccc(O)cc2)cc1. The van der Waals surface area contributed by atoms with Gasteiger partial charge in [0.15, 0.2) is 6.61 Å². The van der Waals surface area contributed by atoms with Crippen LogP contribution in [0.15, 0.2) is 66.7 Å². The van der Waals surface area contributed by atoms with E-state index in [1.54, 1.807) is 54.6 Å².